The molecule has 126 valence electrons. The molecule has 0 radical (unpaired) electrons. The Bertz CT molecular complexity index is 696. The van der Waals surface area contributed by atoms with Crippen LogP contribution in [-0.2, 0) is 6.18 Å². The molecule has 1 aliphatic heterocycles. The van der Waals surface area contributed by atoms with Gasteiger partial charge in [-0.3, -0.25) is 4.79 Å². The van der Waals surface area contributed by atoms with Gasteiger partial charge in [0.1, 0.15) is 18.1 Å². The highest BCUT2D eigenvalue weighted by Gasteiger charge is 2.30. The van der Waals surface area contributed by atoms with Gasteiger partial charge in [0.2, 0.25) is 0 Å². The summed E-state index contributed by atoms with van der Waals surface area (Å²) in [6.45, 7) is 1.45. The van der Waals surface area contributed by atoms with Gasteiger partial charge < -0.3 is 9.64 Å². The number of halogens is 3. The molecule has 2 aromatic rings. The van der Waals surface area contributed by atoms with Gasteiger partial charge in [0, 0.05) is 24.2 Å². The lowest BCUT2D eigenvalue weighted by Gasteiger charge is -2.19. The van der Waals surface area contributed by atoms with E-state index in [4.69, 9.17) is 4.74 Å². The van der Waals surface area contributed by atoms with Crippen LogP contribution in [0.1, 0.15) is 22.3 Å². The van der Waals surface area contributed by atoms with E-state index in [-0.39, 0.29) is 6.10 Å². The van der Waals surface area contributed by atoms with Crippen LogP contribution in [0.2, 0.25) is 0 Å². The lowest BCUT2D eigenvalue weighted by Crippen LogP contribution is -2.24. The van der Waals surface area contributed by atoms with Crippen molar-refractivity contribution < 1.29 is 22.7 Å². The molecule has 0 saturated carbocycles. The van der Waals surface area contributed by atoms with Gasteiger partial charge in [0.25, 0.3) is 0 Å². The van der Waals surface area contributed by atoms with Gasteiger partial charge in [-0.2, -0.15) is 13.2 Å². The minimum Gasteiger partial charge on any atom is -0.489 e. The average molecular weight is 335 g/mol. The van der Waals surface area contributed by atoms with Crippen LogP contribution in [-0.4, -0.2) is 25.5 Å². The maximum atomic E-state index is 12.5. The van der Waals surface area contributed by atoms with Gasteiger partial charge in [0.05, 0.1) is 12.1 Å². The van der Waals surface area contributed by atoms with Gasteiger partial charge in [-0.1, -0.05) is 0 Å². The summed E-state index contributed by atoms with van der Waals surface area (Å²) < 4.78 is 43.4. The van der Waals surface area contributed by atoms with Gasteiger partial charge in [0.15, 0.2) is 0 Å². The molecule has 0 aliphatic carbocycles. The van der Waals surface area contributed by atoms with E-state index in [1.807, 2.05) is 12.1 Å². The van der Waals surface area contributed by atoms with E-state index in [2.05, 4.69) is 4.90 Å². The number of benzene rings is 2. The SMILES string of the molecule is O=Cc1ccc(N2CCC(Oc3ccc(C(F)(F)F)cc3)C2)cc1. The van der Waals surface area contributed by atoms with Gasteiger partial charge >= 0.3 is 6.18 Å². The van der Waals surface area contributed by atoms with Crippen molar-refractivity contribution >= 4 is 12.0 Å². The number of alkyl halides is 3. The monoisotopic (exact) mass is 335 g/mol. The quantitative estimate of drug-likeness (QED) is 0.785. The van der Waals surface area contributed by atoms with Crippen molar-refractivity contribution in [3.63, 3.8) is 0 Å². The average Bonchev–Trinajstić information content (AvgIpc) is 3.03. The van der Waals surface area contributed by atoms with Crippen molar-refractivity contribution in [2.45, 2.75) is 18.7 Å². The molecule has 2 aromatic carbocycles. The Hall–Kier alpha value is -2.50. The second kappa shape index (κ2) is 6.55. The fraction of sp³-hybridized carbons (Fsp3) is 0.278. The first-order chi connectivity index (χ1) is 11.5. The zero-order valence-electron chi connectivity index (χ0n) is 12.8. The van der Waals surface area contributed by atoms with Crippen LogP contribution < -0.4 is 9.64 Å². The third kappa shape index (κ3) is 3.69. The fourth-order valence-corrected chi connectivity index (χ4v) is 2.74. The van der Waals surface area contributed by atoms with Crippen molar-refractivity contribution in [2.24, 2.45) is 0 Å². The number of hydrogen-bond acceptors (Lipinski definition) is 3. The number of hydrogen-bond donors (Lipinski definition) is 0. The second-order valence-corrected chi connectivity index (χ2v) is 5.71. The molecule has 1 saturated heterocycles. The molecule has 0 spiro atoms. The summed E-state index contributed by atoms with van der Waals surface area (Å²) in [7, 11) is 0. The van der Waals surface area contributed by atoms with E-state index in [9.17, 15) is 18.0 Å². The first-order valence-electron chi connectivity index (χ1n) is 7.60. The minimum absolute atomic E-state index is 0.0764. The van der Waals surface area contributed by atoms with Gasteiger partial charge in [-0.25, -0.2) is 0 Å². The normalized spacial score (nSPS) is 17.8. The largest absolute Gasteiger partial charge is 0.489 e. The van der Waals surface area contributed by atoms with Gasteiger partial charge in [-0.15, -0.1) is 0 Å². The molecule has 24 heavy (non-hydrogen) atoms. The number of ether oxygens (including phenoxy) is 1. The number of nitrogens with zero attached hydrogens (tertiary/aromatic N) is 1. The predicted molar refractivity (Wildman–Crippen MR) is 84.5 cm³/mol. The summed E-state index contributed by atoms with van der Waals surface area (Å²) in [5.74, 6) is 0.436. The standard InChI is InChI=1S/C18H16F3NO2/c19-18(20,21)14-3-7-16(8-4-14)24-17-9-10-22(11-17)15-5-1-13(12-23)2-6-15/h1-8,12,17H,9-11H2. The molecule has 1 aliphatic rings. The lowest BCUT2D eigenvalue weighted by molar-refractivity contribution is -0.137. The Kier molecular flexibility index (Phi) is 4.46. The molecule has 1 heterocycles. The number of carbonyl (C=O) groups excluding carboxylic acids is 1. The summed E-state index contributed by atoms with van der Waals surface area (Å²) in [4.78, 5) is 12.8. The molecule has 3 rings (SSSR count). The van der Waals surface area contributed by atoms with Crippen molar-refractivity contribution in [1.29, 1.82) is 0 Å². The fourth-order valence-electron chi connectivity index (χ4n) is 2.74. The molecule has 0 N–H and O–H groups in total. The van der Waals surface area contributed by atoms with E-state index < -0.39 is 11.7 Å². The maximum Gasteiger partial charge on any atom is 0.416 e. The highest BCUT2D eigenvalue weighted by Crippen LogP contribution is 2.31. The third-order valence-electron chi connectivity index (χ3n) is 4.02. The minimum atomic E-state index is -4.34. The number of anilines is 1. The summed E-state index contributed by atoms with van der Waals surface area (Å²) in [6.07, 6.45) is -2.83. The summed E-state index contributed by atoms with van der Waals surface area (Å²) in [5.41, 5.74) is 0.938. The molecule has 0 bridgehead atoms. The van der Waals surface area contributed by atoms with Crippen LogP contribution in [0.3, 0.4) is 0 Å². The zero-order valence-corrected chi connectivity index (χ0v) is 12.8. The van der Waals surface area contributed by atoms with Crippen molar-refractivity contribution in [2.75, 3.05) is 18.0 Å². The Morgan fingerprint density at radius 3 is 2.29 bits per heavy atom. The summed E-state index contributed by atoms with van der Waals surface area (Å²) in [6, 6.07) is 12.0. The molecular weight excluding hydrogens is 319 g/mol. The molecule has 0 aromatic heterocycles. The maximum absolute atomic E-state index is 12.5. The first-order valence-corrected chi connectivity index (χ1v) is 7.60. The van der Waals surface area contributed by atoms with E-state index in [1.54, 1.807) is 12.1 Å². The Labute approximate surface area is 137 Å². The highest BCUT2D eigenvalue weighted by molar-refractivity contribution is 5.75. The molecule has 6 heteroatoms. The second-order valence-electron chi connectivity index (χ2n) is 5.71. The molecule has 3 nitrogen and oxygen atoms in total. The van der Waals surface area contributed by atoms with E-state index >= 15 is 0 Å². The Morgan fingerprint density at radius 2 is 1.71 bits per heavy atom. The van der Waals surface area contributed by atoms with Crippen LogP contribution in [0.25, 0.3) is 0 Å². The predicted octanol–water partition coefficient (Wildman–Crippen LogP) is 4.18. The van der Waals surface area contributed by atoms with Crippen molar-refractivity contribution in [1.82, 2.24) is 0 Å². The van der Waals surface area contributed by atoms with E-state index in [1.165, 1.54) is 12.1 Å². The van der Waals surface area contributed by atoms with Crippen molar-refractivity contribution in [3.05, 3.63) is 59.7 Å². The molecule has 0 amide bonds. The van der Waals surface area contributed by atoms with Crippen LogP contribution >= 0.6 is 0 Å². The Balaban J connectivity index is 1.60. The first kappa shape index (κ1) is 16.4. The third-order valence-corrected chi connectivity index (χ3v) is 4.02. The summed E-state index contributed by atoms with van der Waals surface area (Å²) in [5, 5.41) is 0. The molecule has 1 atom stereocenters. The van der Waals surface area contributed by atoms with Crippen LogP contribution in [0, 0.1) is 0 Å². The lowest BCUT2D eigenvalue weighted by atomic mass is 10.2. The van der Waals surface area contributed by atoms with Crippen LogP contribution in [0.5, 0.6) is 5.75 Å². The summed E-state index contributed by atoms with van der Waals surface area (Å²) >= 11 is 0. The van der Waals surface area contributed by atoms with E-state index in [0.29, 0.717) is 17.9 Å². The number of rotatable bonds is 4. The van der Waals surface area contributed by atoms with Crippen LogP contribution in [0.15, 0.2) is 48.5 Å². The number of aldehydes is 1. The molecule has 1 unspecified atom stereocenters. The number of carbonyl (C=O) groups is 1. The van der Waals surface area contributed by atoms with E-state index in [0.717, 1.165) is 37.1 Å². The topological polar surface area (TPSA) is 29.5 Å². The van der Waals surface area contributed by atoms with Gasteiger partial charge in [-0.05, 0) is 48.5 Å². The van der Waals surface area contributed by atoms with Crippen LogP contribution in [0.4, 0.5) is 18.9 Å². The Morgan fingerprint density at radius 1 is 1.04 bits per heavy atom. The zero-order chi connectivity index (χ0) is 17.2. The smallest absolute Gasteiger partial charge is 0.416 e. The molecule has 1 fully saturated rings. The highest BCUT2D eigenvalue weighted by atomic mass is 19.4. The van der Waals surface area contributed by atoms with Crippen molar-refractivity contribution in [3.8, 4) is 5.75 Å². The molecular formula is C18H16F3NO2.